The number of nitrogens with zero attached hydrogens (tertiary/aromatic N) is 1. The van der Waals surface area contributed by atoms with Gasteiger partial charge in [-0.05, 0) is 37.1 Å². The molecule has 0 bridgehead atoms. The van der Waals surface area contributed by atoms with Gasteiger partial charge < -0.3 is 0 Å². The van der Waals surface area contributed by atoms with Gasteiger partial charge in [0.15, 0.2) is 0 Å². The van der Waals surface area contributed by atoms with E-state index in [1.165, 1.54) is 6.42 Å². The number of pyridine rings is 1. The molecule has 1 N–H and O–H groups in total. The SMILES string of the molecule is O=S(=O)(NC1CCCCC1)c1ccc(-c2ccccn2)cc1. The molecule has 0 radical (unpaired) electrons. The lowest BCUT2D eigenvalue weighted by Gasteiger charge is -2.22. The van der Waals surface area contributed by atoms with Gasteiger partial charge in [0, 0.05) is 17.8 Å². The molecule has 1 aliphatic rings. The maximum absolute atomic E-state index is 12.4. The monoisotopic (exact) mass is 316 g/mol. The molecule has 0 amide bonds. The fourth-order valence-electron chi connectivity index (χ4n) is 2.85. The van der Waals surface area contributed by atoms with E-state index in [2.05, 4.69) is 9.71 Å². The van der Waals surface area contributed by atoms with E-state index < -0.39 is 10.0 Å². The average molecular weight is 316 g/mol. The highest BCUT2D eigenvalue weighted by Crippen LogP contribution is 2.22. The topological polar surface area (TPSA) is 59.1 Å². The molecule has 1 aromatic heterocycles. The first kappa shape index (κ1) is 15.2. The zero-order chi connectivity index (χ0) is 15.4. The van der Waals surface area contributed by atoms with E-state index in [1.807, 2.05) is 18.2 Å². The number of hydrogen-bond donors (Lipinski definition) is 1. The second-order valence-electron chi connectivity index (χ2n) is 5.70. The Balaban J connectivity index is 1.76. The highest BCUT2D eigenvalue weighted by atomic mass is 32.2. The molecule has 0 unspecified atom stereocenters. The number of aromatic nitrogens is 1. The average Bonchev–Trinajstić information content (AvgIpc) is 2.56. The number of benzene rings is 1. The van der Waals surface area contributed by atoms with Crippen molar-refractivity contribution in [3.05, 3.63) is 48.7 Å². The van der Waals surface area contributed by atoms with Gasteiger partial charge >= 0.3 is 0 Å². The molecule has 116 valence electrons. The maximum atomic E-state index is 12.4. The van der Waals surface area contributed by atoms with Crippen molar-refractivity contribution >= 4 is 10.0 Å². The maximum Gasteiger partial charge on any atom is 0.240 e. The van der Waals surface area contributed by atoms with E-state index in [1.54, 1.807) is 30.5 Å². The van der Waals surface area contributed by atoms with Gasteiger partial charge in [0.05, 0.1) is 10.6 Å². The molecular weight excluding hydrogens is 296 g/mol. The lowest BCUT2D eigenvalue weighted by atomic mass is 9.96. The van der Waals surface area contributed by atoms with E-state index in [-0.39, 0.29) is 6.04 Å². The highest BCUT2D eigenvalue weighted by Gasteiger charge is 2.21. The van der Waals surface area contributed by atoms with Crippen molar-refractivity contribution in [2.24, 2.45) is 0 Å². The summed E-state index contributed by atoms with van der Waals surface area (Å²) in [6.45, 7) is 0. The first-order valence-corrected chi connectivity index (χ1v) is 9.17. The smallest absolute Gasteiger partial charge is 0.240 e. The molecule has 22 heavy (non-hydrogen) atoms. The van der Waals surface area contributed by atoms with Crippen molar-refractivity contribution in [3.8, 4) is 11.3 Å². The van der Waals surface area contributed by atoms with Crippen LogP contribution in [0.3, 0.4) is 0 Å². The quantitative estimate of drug-likeness (QED) is 0.941. The third-order valence-electron chi connectivity index (χ3n) is 4.05. The summed E-state index contributed by atoms with van der Waals surface area (Å²) in [7, 11) is -3.43. The molecule has 1 aliphatic carbocycles. The first-order valence-electron chi connectivity index (χ1n) is 7.69. The van der Waals surface area contributed by atoms with Gasteiger partial charge in [0.1, 0.15) is 0 Å². The van der Waals surface area contributed by atoms with Crippen molar-refractivity contribution in [2.75, 3.05) is 0 Å². The van der Waals surface area contributed by atoms with Crippen LogP contribution in [0, 0.1) is 0 Å². The van der Waals surface area contributed by atoms with Crippen LogP contribution in [-0.4, -0.2) is 19.4 Å². The Morgan fingerprint density at radius 1 is 0.955 bits per heavy atom. The Labute approximate surface area is 131 Å². The minimum Gasteiger partial charge on any atom is -0.256 e. The Hall–Kier alpha value is -1.72. The summed E-state index contributed by atoms with van der Waals surface area (Å²) in [6.07, 6.45) is 7.01. The molecule has 0 atom stereocenters. The van der Waals surface area contributed by atoms with Gasteiger partial charge in [0.2, 0.25) is 10.0 Å². The molecule has 3 rings (SSSR count). The largest absolute Gasteiger partial charge is 0.256 e. The molecule has 0 aliphatic heterocycles. The standard InChI is InChI=1S/C17H20N2O2S/c20-22(21,19-15-6-2-1-3-7-15)16-11-9-14(10-12-16)17-8-4-5-13-18-17/h4-5,8-13,15,19H,1-3,6-7H2. The van der Waals surface area contributed by atoms with Gasteiger partial charge in [-0.25, -0.2) is 13.1 Å². The summed E-state index contributed by atoms with van der Waals surface area (Å²) < 4.78 is 27.7. The Kier molecular flexibility index (Phi) is 4.55. The van der Waals surface area contributed by atoms with E-state index in [0.717, 1.165) is 36.9 Å². The second-order valence-corrected chi connectivity index (χ2v) is 7.41. The molecule has 5 heteroatoms. The van der Waals surface area contributed by atoms with Crippen LogP contribution in [0.25, 0.3) is 11.3 Å². The first-order chi connectivity index (χ1) is 10.6. The van der Waals surface area contributed by atoms with Crippen LogP contribution in [0.5, 0.6) is 0 Å². The molecule has 2 aromatic rings. The predicted molar refractivity (Wildman–Crippen MR) is 86.9 cm³/mol. The normalized spacial score (nSPS) is 16.5. The third-order valence-corrected chi connectivity index (χ3v) is 5.59. The fraction of sp³-hybridized carbons (Fsp3) is 0.353. The van der Waals surface area contributed by atoms with Gasteiger partial charge in [-0.3, -0.25) is 4.98 Å². The predicted octanol–water partition coefficient (Wildman–Crippen LogP) is 3.36. The van der Waals surface area contributed by atoms with Crippen molar-refractivity contribution < 1.29 is 8.42 Å². The fourth-order valence-corrected chi connectivity index (χ4v) is 4.15. The Bertz CT molecular complexity index is 706. The lowest BCUT2D eigenvalue weighted by Crippen LogP contribution is -2.36. The van der Waals surface area contributed by atoms with Crippen LogP contribution in [0.4, 0.5) is 0 Å². The zero-order valence-electron chi connectivity index (χ0n) is 12.4. The highest BCUT2D eigenvalue weighted by molar-refractivity contribution is 7.89. The second kappa shape index (κ2) is 6.58. The number of sulfonamides is 1. The number of hydrogen-bond acceptors (Lipinski definition) is 3. The van der Waals surface area contributed by atoms with Crippen molar-refractivity contribution in [3.63, 3.8) is 0 Å². The van der Waals surface area contributed by atoms with E-state index in [4.69, 9.17) is 0 Å². The summed E-state index contributed by atoms with van der Waals surface area (Å²) >= 11 is 0. The molecular formula is C17H20N2O2S. The van der Waals surface area contributed by atoms with Crippen LogP contribution in [-0.2, 0) is 10.0 Å². The van der Waals surface area contributed by atoms with Gasteiger partial charge in [-0.2, -0.15) is 0 Å². The van der Waals surface area contributed by atoms with E-state index in [0.29, 0.717) is 4.90 Å². The summed E-state index contributed by atoms with van der Waals surface area (Å²) in [5.74, 6) is 0. The molecule has 1 aromatic carbocycles. The summed E-state index contributed by atoms with van der Waals surface area (Å²) in [6, 6.07) is 12.7. The van der Waals surface area contributed by atoms with E-state index >= 15 is 0 Å². The molecule has 1 fully saturated rings. The summed E-state index contributed by atoms with van der Waals surface area (Å²) in [4.78, 5) is 4.59. The number of nitrogens with one attached hydrogen (secondary N) is 1. The minimum absolute atomic E-state index is 0.0780. The summed E-state index contributed by atoms with van der Waals surface area (Å²) in [5, 5.41) is 0. The molecule has 0 saturated heterocycles. The molecule has 0 spiro atoms. The molecule has 1 saturated carbocycles. The van der Waals surface area contributed by atoms with Gasteiger partial charge in [-0.15, -0.1) is 0 Å². The van der Waals surface area contributed by atoms with E-state index in [9.17, 15) is 8.42 Å². The van der Waals surface area contributed by atoms with Crippen LogP contribution in [0.2, 0.25) is 0 Å². The van der Waals surface area contributed by atoms with Crippen LogP contribution in [0.1, 0.15) is 32.1 Å². The molecule has 1 heterocycles. The van der Waals surface area contributed by atoms with Crippen molar-refractivity contribution in [2.45, 2.75) is 43.0 Å². The van der Waals surface area contributed by atoms with Gasteiger partial charge in [0.25, 0.3) is 0 Å². The van der Waals surface area contributed by atoms with Gasteiger partial charge in [-0.1, -0.05) is 37.5 Å². The van der Waals surface area contributed by atoms with Crippen LogP contribution >= 0.6 is 0 Å². The van der Waals surface area contributed by atoms with Crippen LogP contribution in [0.15, 0.2) is 53.6 Å². The lowest BCUT2D eigenvalue weighted by molar-refractivity contribution is 0.412. The Morgan fingerprint density at radius 3 is 2.32 bits per heavy atom. The third kappa shape index (κ3) is 3.54. The Morgan fingerprint density at radius 2 is 1.68 bits per heavy atom. The van der Waals surface area contributed by atoms with Crippen molar-refractivity contribution in [1.82, 2.24) is 9.71 Å². The minimum atomic E-state index is -3.43. The number of rotatable bonds is 4. The van der Waals surface area contributed by atoms with Crippen molar-refractivity contribution in [1.29, 1.82) is 0 Å². The summed E-state index contributed by atoms with van der Waals surface area (Å²) in [5.41, 5.74) is 1.75. The molecule has 4 nitrogen and oxygen atoms in total. The van der Waals surface area contributed by atoms with Crippen LogP contribution < -0.4 is 4.72 Å². The zero-order valence-corrected chi connectivity index (χ0v) is 13.2.